The van der Waals surface area contributed by atoms with Crippen molar-refractivity contribution in [3.63, 3.8) is 0 Å². The largest absolute Gasteiger partial charge is 0.315 e. The van der Waals surface area contributed by atoms with Gasteiger partial charge in [-0.3, -0.25) is 0 Å². The van der Waals surface area contributed by atoms with Crippen LogP contribution in [0.1, 0.15) is 63.9 Å². The minimum absolute atomic E-state index is 0.132. The van der Waals surface area contributed by atoms with E-state index in [1.165, 1.54) is 56.9 Å². The van der Waals surface area contributed by atoms with Gasteiger partial charge >= 0.3 is 0 Å². The first-order valence-corrected chi connectivity index (χ1v) is 8.24. The molecule has 1 fully saturated rings. The van der Waals surface area contributed by atoms with E-state index in [1.807, 2.05) is 12.1 Å². The molecule has 20 heavy (non-hydrogen) atoms. The Morgan fingerprint density at radius 2 is 1.55 bits per heavy atom. The number of unbranched alkanes of at least 4 members (excludes halogenated alkanes) is 6. The van der Waals surface area contributed by atoms with E-state index < -0.39 is 0 Å². The second kappa shape index (κ2) is 7.78. The predicted octanol–water partition coefficient (Wildman–Crippen LogP) is 4.81. The summed E-state index contributed by atoms with van der Waals surface area (Å²) in [5.74, 6) is -0.132. The summed E-state index contributed by atoms with van der Waals surface area (Å²) >= 11 is 0. The number of hydrogen-bond acceptors (Lipinski definition) is 1. The molecule has 1 aliphatic rings. The van der Waals surface area contributed by atoms with Gasteiger partial charge in [0, 0.05) is 18.5 Å². The van der Waals surface area contributed by atoms with Crippen molar-refractivity contribution in [3.05, 3.63) is 35.6 Å². The van der Waals surface area contributed by atoms with Crippen molar-refractivity contribution >= 4 is 0 Å². The molecule has 0 bridgehead atoms. The normalized spacial score (nSPS) is 16.9. The summed E-state index contributed by atoms with van der Waals surface area (Å²) in [6.07, 6.45) is 10.7. The van der Waals surface area contributed by atoms with Crippen LogP contribution in [0.5, 0.6) is 0 Å². The van der Waals surface area contributed by atoms with Crippen LogP contribution in [0.15, 0.2) is 24.3 Å². The zero-order chi connectivity index (χ0) is 14.3. The van der Waals surface area contributed by atoms with E-state index in [4.69, 9.17) is 0 Å². The molecule has 2 rings (SSSR count). The van der Waals surface area contributed by atoms with Gasteiger partial charge in [0.05, 0.1) is 0 Å². The summed E-state index contributed by atoms with van der Waals surface area (Å²) < 4.78 is 13.0. The highest BCUT2D eigenvalue weighted by Crippen LogP contribution is 2.34. The summed E-state index contributed by atoms with van der Waals surface area (Å²) in [4.78, 5) is 0. The molecule has 1 N–H and O–H groups in total. The smallest absolute Gasteiger partial charge is 0.123 e. The highest BCUT2D eigenvalue weighted by molar-refractivity contribution is 5.29. The van der Waals surface area contributed by atoms with Crippen LogP contribution in [0.3, 0.4) is 0 Å². The lowest BCUT2D eigenvalue weighted by Crippen LogP contribution is -2.56. The molecule has 0 aromatic heterocycles. The van der Waals surface area contributed by atoms with E-state index in [0.717, 1.165) is 13.1 Å². The molecule has 0 saturated carbocycles. The van der Waals surface area contributed by atoms with Crippen molar-refractivity contribution < 1.29 is 4.39 Å². The van der Waals surface area contributed by atoms with Gasteiger partial charge in [-0.1, -0.05) is 64.0 Å². The molecule has 1 aromatic rings. The van der Waals surface area contributed by atoms with Crippen LogP contribution in [0.25, 0.3) is 0 Å². The van der Waals surface area contributed by atoms with Gasteiger partial charge in [-0.15, -0.1) is 0 Å². The zero-order valence-electron chi connectivity index (χ0n) is 12.8. The minimum Gasteiger partial charge on any atom is -0.315 e. The lowest BCUT2D eigenvalue weighted by atomic mass is 9.71. The van der Waals surface area contributed by atoms with E-state index in [1.54, 1.807) is 12.1 Å². The van der Waals surface area contributed by atoms with Gasteiger partial charge in [0.25, 0.3) is 0 Å². The monoisotopic (exact) mass is 277 g/mol. The Bertz CT molecular complexity index is 381. The second-order valence-corrected chi connectivity index (χ2v) is 6.26. The zero-order valence-corrected chi connectivity index (χ0v) is 12.8. The highest BCUT2D eigenvalue weighted by atomic mass is 19.1. The first-order chi connectivity index (χ1) is 9.77. The fourth-order valence-corrected chi connectivity index (χ4v) is 3.18. The Morgan fingerprint density at radius 3 is 2.10 bits per heavy atom. The summed E-state index contributed by atoms with van der Waals surface area (Å²) in [5, 5.41) is 3.39. The van der Waals surface area contributed by atoms with Crippen molar-refractivity contribution in [1.82, 2.24) is 5.32 Å². The lowest BCUT2D eigenvalue weighted by Gasteiger charge is -2.43. The third-order valence-corrected chi connectivity index (χ3v) is 4.64. The lowest BCUT2D eigenvalue weighted by molar-refractivity contribution is 0.249. The Kier molecular flexibility index (Phi) is 6.03. The number of benzene rings is 1. The van der Waals surface area contributed by atoms with E-state index in [-0.39, 0.29) is 11.2 Å². The van der Waals surface area contributed by atoms with Gasteiger partial charge in [0.15, 0.2) is 0 Å². The van der Waals surface area contributed by atoms with Crippen molar-refractivity contribution in [1.29, 1.82) is 0 Å². The number of nitrogens with one attached hydrogen (secondary N) is 1. The fourth-order valence-electron chi connectivity index (χ4n) is 3.18. The van der Waals surface area contributed by atoms with Gasteiger partial charge in [0.2, 0.25) is 0 Å². The fraction of sp³-hybridized carbons (Fsp3) is 0.667. The molecule has 0 unspecified atom stereocenters. The van der Waals surface area contributed by atoms with Crippen LogP contribution < -0.4 is 5.32 Å². The molecule has 0 atom stereocenters. The van der Waals surface area contributed by atoms with Crippen molar-refractivity contribution in [2.75, 3.05) is 13.1 Å². The van der Waals surface area contributed by atoms with E-state index in [2.05, 4.69) is 12.2 Å². The van der Waals surface area contributed by atoms with Crippen molar-refractivity contribution in [2.45, 2.75) is 63.7 Å². The first kappa shape index (κ1) is 15.5. The van der Waals surface area contributed by atoms with Crippen LogP contribution in [-0.4, -0.2) is 13.1 Å². The molecule has 2 heteroatoms. The molecule has 1 aromatic carbocycles. The maximum absolute atomic E-state index is 13.0. The van der Waals surface area contributed by atoms with E-state index in [0.29, 0.717) is 0 Å². The molecule has 1 saturated heterocycles. The van der Waals surface area contributed by atoms with Gasteiger partial charge in [0.1, 0.15) is 5.82 Å². The molecular formula is C18H28FN. The minimum atomic E-state index is -0.132. The second-order valence-electron chi connectivity index (χ2n) is 6.26. The third-order valence-electron chi connectivity index (χ3n) is 4.64. The molecule has 0 radical (unpaired) electrons. The summed E-state index contributed by atoms with van der Waals surface area (Å²) in [5.41, 5.74) is 1.58. The van der Waals surface area contributed by atoms with Crippen LogP contribution in [-0.2, 0) is 5.41 Å². The predicted molar refractivity (Wildman–Crippen MR) is 83.6 cm³/mol. The number of hydrogen-bond donors (Lipinski definition) is 1. The Morgan fingerprint density at radius 1 is 0.950 bits per heavy atom. The van der Waals surface area contributed by atoms with Gasteiger partial charge in [-0.25, -0.2) is 4.39 Å². The average Bonchev–Trinajstić information content (AvgIpc) is 2.41. The molecular weight excluding hydrogens is 249 g/mol. The molecule has 0 amide bonds. The Labute approximate surface area is 123 Å². The molecule has 0 spiro atoms. The molecule has 1 heterocycles. The van der Waals surface area contributed by atoms with Gasteiger partial charge in [-0.2, -0.15) is 0 Å². The van der Waals surface area contributed by atoms with Gasteiger partial charge in [-0.05, 0) is 24.1 Å². The molecule has 1 aliphatic heterocycles. The van der Waals surface area contributed by atoms with Crippen molar-refractivity contribution in [2.24, 2.45) is 0 Å². The summed E-state index contributed by atoms with van der Waals surface area (Å²) in [6.45, 7) is 4.36. The average molecular weight is 277 g/mol. The molecule has 0 aliphatic carbocycles. The van der Waals surface area contributed by atoms with E-state index in [9.17, 15) is 4.39 Å². The number of halogens is 1. The summed E-state index contributed by atoms with van der Waals surface area (Å²) in [6, 6.07) is 7.13. The van der Waals surface area contributed by atoms with Crippen LogP contribution >= 0.6 is 0 Å². The standard InChI is InChI=1S/C18H28FN/c1-2-3-4-5-6-7-8-13-18(14-20-15-18)16-9-11-17(19)12-10-16/h9-12,20H,2-8,13-15H2,1H3. The Hall–Kier alpha value is -0.890. The maximum Gasteiger partial charge on any atom is 0.123 e. The third kappa shape index (κ3) is 4.05. The van der Waals surface area contributed by atoms with Crippen molar-refractivity contribution in [3.8, 4) is 0 Å². The van der Waals surface area contributed by atoms with Crippen LogP contribution in [0.4, 0.5) is 4.39 Å². The van der Waals surface area contributed by atoms with Gasteiger partial charge < -0.3 is 5.32 Å². The van der Waals surface area contributed by atoms with Crippen LogP contribution in [0.2, 0.25) is 0 Å². The Balaban J connectivity index is 1.73. The number of rotatable bonds is 9. The SMILES string of the molecule is CCCCCCCCCC1(c2ccc(F)cc2)CNC1. The highest BCUT2D eigenvalue weighted by Gasteiger charge is 2.37. The quantitative estimate of drug-likeness (QED) is 0.639. The summed E-state index contributed by atoms with van der Waals surface area (Å²) in [7, 11) is 0. The molecule has 112 valence electrons. The maximum atomic E-state index is 13.0. The molecule has 1 nitrogen and oxygen atoms in total. The van der Waals surface area contributed by atoms with E-state index >= 15 is 0 Å². The first-order valence-electron chi connectivity index (χ1n) is 8.24. The van der Waals surface area contributed by atoms with Crippen LogP contribution in [0, 0.1) is 5.82 Å². The topological polar surface area (TPSA) is 12.0 Å².